The Bertz CT molecular complexity index is 1260. The number of aromatic nitrogens is 2. The highest BCUT2D eigenvalue weighted by Gasteiger charge is 2.17. The summed E-state index contributed by atoms with van der Waals surface area (Å²) in [6.07, 6.45) is 3.32. The van der Waals surface area contributed by atoms with Gasteiger partial charge in [-0.05, 0) is 36.4 Å². The molecule has 0 atom stereocenters. The summed E-state index contributed by atoms with van der Waals surface area (Å²) in [6.45, 7) is -0.501. The molecular formula is C23H15Cl2N3O3. The van der Waals surface area contributed by atoms with Crippen molar-refractivity contribution in [3.8, 4) is 11.3 Å². The molecule has 2 heterocycles. The summed E-state index contributed by atoms with van der Waals surface area (Å²) in [7, 11) is 0. The van der Waals surface area contributed by atoms with Crippen LogP contribution in [0.2, 0.25) is 10.0 Å². The van der Waals surface area contributed by atoms with E-state index in [0.717, 1.165) is 5.56 Å². The van der Waals surface area contributed by atoms with Gasteiger partial charge in [-0.25, -0.2) is 9.78 Å². The summed E-state index contributed by atoms with van der Waals surface area (Å²) >= 11 is 12.1. The van der Waals surface area contributed by atoms with Gasteiger partial charge in [0.1, 0.15) is 0 Å². The lowest BCUT2D eigenvalue weighted by atomic mass is 10.1. The predicted octanol–water partition coefficient (Wildman–Crippen LogP) is 5.40. The van der Waals surface area contributed by atoms with Gasteiger partial charge in [-0.2, -0.15) is 0 Å². The Balaban J connectivity index is 1.57. The van der Waals surface area contributed by atoms with Crippen LogP contribution in [-0.4, -0.2) is 28.5 Å². The van der Waals surface area contributed by atoms with Crippen LogP contribution in [0.15, 0.2) is 73.1 Å². The van der Waals surface area contributed by atoms with Gasteiger partial charge in [0.05, 0.1) is 32.5 Å². The monoisotopic (exact) mass is 451 g/mol. The van der Waals surface area contributed by atoms with Gasteiger partial charge in [-0.15, -0.1) is 0 Å². The van der Waals surface area contributed by atoms with Crippen LogP contribution >= 0.6 is 23.2 Å². The smallest absolute Gasteiger partial charge is 0.339 e. The molecule has 31 heavy (non-hydrogen) atoms. The first kappa shape index (κ1) is 20.8. The Kier molecular flexibility index (Phi) is 6.11. The number of fused-ring (bicyclic) bond motifs is 1. The summed E-state index contributed by atoms with van der Waals surface area (Å²) in [5, 5.41) is 3.75. The van der Waals surface area contributed by atoms with Crippen LogP contribution in [0.5, 0.6) is 0 Å². The van der Waals surface area contributed by atoms with Crippen molar-refractivity contribution in [3.05, 3.63) is 88.7 Å². The summed E-state index contributed by atoms with van der Waals surface area (Å²) in [5.74, 6) is -1.21. The molecule has 1 amide bonds. The van der Waals surface area contributed by atoms with Crippen LogP contribution in [0.3, 0.4) is 0 Å². The largest absolute Gasteiger partial charge is 0.452 e. The van der Waals surface area contributed by atoms with E-state index in [4.69, 9.17) is 27.9 Å². The molecule has 6 nitrogen and oxygen atoms in total. The first-order chi connectivity index (χ1) is 15.0. The van der Waals surface area contributed by atoms with Gasteiger partial charge >= 0.3 is 5.97 Å². The molecule has 1 N–H and O–H groups in total. The maximum Gasteiger partial charge on any atom is 0.339 e. The first-order valence-electron chi connectivity index (χ1n) is 9.24. The molecule has 0 aliphatic carbocycles. The lowest BCUT2D eigenvalue weighted by Gasteiger charge is -2.11. The van der Waals surface area contributed by atoms with Crippen LogP contribution in [0.1, 0.15) is 10.4 Å². The average molecular weight is 452 g/mol. The first-order valence-corrected chi connectivity index (χ1v) is 9.99. The minimum atomic E-state index is -0.649. The molecule has 0 aliphatic heterocycles. The number of anilines is 1. The number of para-hydroxylation sites is 2. The number of carbonyl (C=O) groups is 2. The number of hydrogen-bond donors (Lipinski definition) is 1. The van der Waals surface area contributed by atoms with Crippen molar-refractivity contribution >= 4 is 51.7 Å². The maximum absolute atomic E-state index is 12.8. The maximum atomic E-state index is 12.8. The molecule has 154 valence electrons. The lowest BCUT2D eigenvalue weighted by molar-refractivity contribution is -0.119. The highest BCUT2D eigenvalue weighted by molar-refractivity contribution is 6.39. The normalized spacial score (nSPS) is 10.6. The summed E-state index contributed by atoms with van der Waals surface area (Å²) in [6, 6.07) is 17.3. The molecule has 0 saturated carbocycles. The van der Waals surface area contributed by atoms with Gasteiger partial charge in [-0.1, -0.05) is 47.5 Å². The predicted molar refractivity (Wildman–Crippen MR) is 120 cm³/mol. The number of esters is 1. The van der Waals surface area contributed by atoms with E-state index >= 15 is 0 Å². The number of rotatable bonds is 5. The topological polar surface area (TPSA) is 81.2 Å². The van der Waals surface area contributed by atoms with E-state index in [-0.39, 0.29) is 15.7 Å². The SMILES string of the molecule is O=C(COC(=O)c1cc(-c2cccnc2)nc2ccccc12)Nc1c(Cl)cccc1Cl. The lowest BCUT2D eigenvalue weighted by Crippen LogP contribution is -2.21. The number of amides is 1. The Morgan fingerprint density at radius 3 is 2.48 bits per heavy atom. The van der Waals surface area contributed by atoms with Crippen molar-refractivity contribution in [1.29, 1.82) is 0 Å². The van der Waals surface area contributed by atoms with Crippen molar-refractivity contribution < 1.29 is 14.3 Å². The fourth-order valence-electron chi connectivity index (χ4n) is 3.01. The summed E-state index contributed by atoms with van der Waals surface area (Å²) in [4.78, 5) is 33.8. The standard InChI is InChI=1S/C23H15Cl2N3O3/c24-17-7-3-8-18(25)22(17)28-21(29)13-31-23(30)16-11-20(14-5-4-10-26-12-14)27-19-9-2-1-6-15(16)19/h1-12H,13H2,(H,28,29). The van der Waals surface area contributed by atoms with Crippen LogP contribution < -0.4 is 5.32 Å². The Morgan fingerprint density at radius 1 is 0.968 bits per heavy atom. The molecule has 4 aromatic rings. The van der Waals surface area contributed by atoms with Crippen molar-refractivity contribution in [1.82, 2.24) is 9.97 Å². The van der Waals surface area contributed by atoms with E-state index in [1.54, 1.807) is 60.9 Å². The van der Waals surface area contributed by atoms with Crippen LogP contribution in [0, 0.1) is 0 Å². The van der Waals surface area contributed by atoms with E-state index in [1.807, 2.05) is 12.1 Å². The fraction of sp³-hybridized carbons (Fsp3) is 0.0435. The summed E-state index contributed by atoms with van der Waals surface area (Å²) < 4.78 is 5.26. The molecule has 0 bridgehead atoms. The van der Waals surface area contributed by atoms with Gasteiger partial charge in [0.25, 0.3) is 5.91 Å². The molecule has 4 rings (SSSR count). The van der Waals surface area contributed by atoms with Crippen LogP contribution in [0.4, 0.5) is 5.69 Å². The molecule has 2 aromatic carbocycles. The number of nitrogens with zero attached hydrogens (tertiary/aromatic N) is 2. The molecule has 8 heteroatoms. The number of halogens is 2. The van der Waals surface area contributed by atoms with E-state index < -0.39 is 18.5 Å². The number of hydrogen-bond acceptors (Lipinski definition) is 5. The third kappa shape index (κ3) is 4.66. The molecular weight excluding hydrogens is 437 g/mol. The molecule has 0 unspecified atom stereocenters. The minimum absolute atomic E-state index is 0.264. The number of pyridine rings is 2. The molecule has 0 saturated heterocycles. The second-order valence-corrected chi connectivity index (χ2v) is 7.35. The Hall–Kier alpha value is -3.48. The van der Waals surface area contributed by atoms with Crippen molar-refractivity contribution in [2.45, 2.75) is 0 Å². The van der Waals surface area contributed by atoms with Gasteiger partial charge in [0.15, 0.2) is 6.61 Å². The third-order valence-corrected chi connectivity index (χ3v) is 5.08. The van der Waals surface area contributed by atoms with Crippen LogP contribution in [0.25, 0.3) is 22.2 Å². The summed E-state index contributed by atoms with van der Waals surface area (Å²) in [5.41, 5.74) is 2.52. The van der Waals surface area contributed by atoms with E-state index in [9.17, 15) is 9.59 Å². The molecule has 0 spiro atoms. The average Bonchev–Trinajstić information content (AvgIpc) is 2.80. The van der Waals surface area contributed by atoms with Gasteiger partial charge < -0.3 is 10.1 Å². The van der Waals surface area contributed by atoms with Crippen molar-refractivity contribution in [2.75, 3.05) is 11.9 Å². The number of ether oxygens (including phenoxy) is 1. The Labute approximate surface area is 187 Å². The zero-order valence-corrected chi connectivity index (χ0v) is 17.5. The third-order valence-electron chi connectivity index (χ3n) is 4.45. The number of nitrogens with one attached hydrogen (secondary N) is 1. The van der Waals surface area contributed by atoms with Crippen LogP contribution in [-0.2, 0) is 9.53 Å². The Morgan fingerprint density at radius 2 is 1.74 bits per heavy atom. The minimum Gasteiger partial charge on any atom is -0.452 e. The zero-order valence-electron chi connectivity index (χ0n) is 16.0. The van der Waals surface area contributed by atoms with Gasteiger partial charge in [0, 0.05) is 23.3 Å². The van der Waals surface area contributed by atoms with Gasteiger partial charge in [-0.3, -0.25) is 9.78 Å². The second kappa shape index (κ2) is 9.12. The molecule has 0 fully saturated rings. The quantitative estimate of drug-likeness (QED) is 0.410. The van der Waals surface area contributed by atoms with E-state index in [2.05, 4.69) is 15.3 Å². The fourth-order valence-corrected chi connectivity index (χ4v) is 3.50. The molecule has 0 radical (unpaired) electrons. The van der Waals surface area contributed by atoms with E-state index in [1.165, 1.54) is 0 Å². The number of carbonyl (C=O) groups excluding carboxylic acids is 2. The molecule has 0 aliphatic rings. The van der Waals surface area contributed by atoms with E-state index in [0.29, 0.717) is 22.2 Å². The molecule has 2 aromatic heterocycles. The number of benzene rings is 2. The highest BCUT2D eigenvalue weighted by Crippen LogP contribution is 2.30. The highest BCUT2D eigenvalue weighted by atomic mass is 35.5. The second-order valence-electron chi connectivity index (χ2n) is 6.53. The van der Waals surface area contributed by atoms with Gasteiger partial charge in [0.2, 0.25) is 0 Å². The zero-order chi connectivity index (χ0) is 21.8. The van der Waals surface area contributed by atoms with Crippen molar-refractivity contribution in [2.24, 2.45) is 0 Å². The van der Waals surface area contributed by atoms with Crippen molar-refractivity contribution in [3.63, 3.8) is 0 Å².